The van der Waals surface area contributed by atoms with E-state index in [0.717, 1.165) is 18.2 Å². The molecule has 3 rings (SSSR count). The minimum absolute atomic E-state index is 0.0215. The Morgan fingerprint density at radius 2 is 1.72 bits per heavy atom. The van der Waals surface area contributed by atoms with Crippen LogP contribution in [-0.2, 0) is 10.0 Å². The second-order valence-electron chi connectivity index (χ2n) is 5.22. The molecule has 2 N–H and O–H groups in total. The second kappa shape index (κ2) is 6.72. The van der Waals surface area contributed by atoms with Crippen LogP contribution in [0.5, 0.6) is 0 Å². The van der Waals surface area contributed by atoms with E-state index in [1.807, 2.05) is 0 Å². The highest BCUT2D eigenvalue weighted by molar-refractivity contribution is 7.89. The Balaban J connectivity index is 2.25. The molecule has 0 aliphatic rings. The summed E-state index contributed by atoms with van der Waals surface area (Å²) in [5, 5.41) is 5.86. The molecule has 0 radical (unpaired) electrons. The summed E-state index contributed by atoms with van der Waals surface area (Å²) in [5.74, 6) is -0.618. The highest BCUT2D eigenvalue weighted by atomic mass is 35.5. The van der Waals surface area contributed by atoms with Crippen LogP contribution in [0.15, 0.2) is 59.6 Å². The van der Waals surface area contributed by atoms with E-state index in [2.05, 4.69) is 4.98 Å². The average molecular weight is 397 g/mol. The molecule has 1 aromatic heterocycles. The first-order chi connectivity index (χ1) is 11.8. The Labute approximate surface area is 154 Å². The van der Waals surface area contributed by atoms with Gasteiger partial charge in [-0.3, -0.25) is 4.98 Å². The topological polar surface area (TPSA) is 73.1 Å². The largest absolute Gasteiger partial charge is 0.255 e. The first-order valence-electron chi connectivity index (χ1n) is 7.00. The Morgan fingerprint density at radius 3 is 2.40 bits per heavy atom. The van der Waals surface area contributed by atoms with E-state index in [0.29, 0.717) is 21.2 Å². The molecule has 0 fully saturated rings. The molecule has 4 nitrogen and oxygen atoms in total. The number of pyridine rings is 1. The van der Waals surface area contributed by atoms with Crippen molar-refractivity contribution in [2.75, 3.05) is 0 Å². The van der Waals surface area contributed by atoms with Crippen molar-refractivity contribution < 1.29 is 12.8 Å². The van der Waals surface area contributed by atoms with Crippen molar-refractivity contribution in [1.82, 2.24) is 4.98 Å². The van der Waals surface area contributed by atoms with E-state index >= 15 is 0 Å². The van der Waals surface area contributed by atoms with Crippen molar-refractivity contribution in [2.45, 2.75) is 4.90 Å². The maximum Gasteiger partial charge on any atom is 0.238 e. The van der Waals surface area contributed by atoms with Gasteiger partial charge < -0.3 is 0 Å². The molecular weight excluding hydrogens is 386 g/mol. The van der Waals surface area contributed by atoms with Gasteiger partial charge in [-0.1, -0.05) is 35.3 Å². The molecule has 1 heterocycles. The fourth-order valence-electron chi connectivity index (χ4n) is 2.38. The van der Waals surface area contributed by atoms with Gasteiger partial charge in [0.15, 0.2) is 0 Å². The molecule has 25 heavy (non-hydrogen) atoms. The Bertz CT molecular complexity index is 1070. The summed E-state index contributed by atoms with van der Waals surface area (Å²) in [6.07, 6.45) is 1.49. The number of sulfonamides is 1. The second-order valence-corrected chi connectivity index (χ2v) is 7.59. The number of primary sulfonamides is 1. The number of hydrogen-bond acceptors (Lipinski definition) is 3. The molecule has 8 heteroatoms. The third-order valence-corrected chi connectivity index (χ3v) is 5.21. The summed E-state index contributed by atoms with van der Waals surface area (Å²) < 4.78 is 37.5. The van der Waals surface area contributed by atoms with Crippen molar-refractivity contribution >= 4 is 33.2 Å². The molecule has 0 bridgehead atoms. The first kappa shape index (κ1) is 17.8. The van der Waals surface area contributed by atoms with E-state index in [-0.39, 0.29) is 16.2 Å². The van der Waals surface area contributed by atoms with Gasteiger partial charge in [0.25, 0.3) is 0 Å². The fraction of sp³-hybridized carbons (Fsp3) is 0. The SMILES string of the molecule is NS(=O)(=O)c1ccc(F)c(-c2ncccc2-c2ccc(Cl)c(Cl)c2)c1. The number of hydrogen-bond donors (Lipinski definition) is 1. The fourth-order valence-corrected chi connectivity index (χ4v) is 3.22. The smallest absolute Gasteiger partial charge is 0.238 e. The van der Waals surface area contributed by atoms with Gasteiger partial charge in [0.2, 0.25) is 10.0 Å². The molecule has 128 valence electrons. The molecule has 0 saturated carbocycles. The molecule has 0 spiro atoms. The lowest BCUT2D eigenvalue weighted by Gasteiger charge is -2.11. The van der Waals surface area contributed by atoms with Gasteiger partial charge in [-0.05, 0) is 42.0 Å². The van der Waals surface area contributed by atoms with Gasteiger partial charge in [-0.15, -0.1) is 0 Å². The predicted octanol–water partition coefficient (Wildman–Crippen LogP) is 4.51. The standard InChI is InChI=1S/C17H11Cl2FN2O2S/c18-14-5-3-10(8-15(14)19)12-2-1-7-22-17(12)13-9-11(25(21,23)24)4-6-16(13)20/h1-9H,(H2,21,23,24). The minimum atomic E-state index is -3.97. The van der Waals surface area contributed by atoms with Crippen molar-refractivity contribution in [3.05, 3.63) is 70.6 Å². The number of rotatable bonds is 3. The van der Waals surface area contributed by atoms with Crippen molar-refractivity contribution in [3.63, 3.8) is 0 Å². The monoisotopic (exact) mass is 396 g/mol. The third kappa shape index (κ3) is 3.67. The van der Waals surface area contributed by atoms with Gasteiger partial charge in [0.05, 0.1) is 20.6 Å². The van der Waals surface area contributed by atoms with E-state index in [4.69, 9.17) is 28.3 Å². The van der Waals surface area contributed by atoms with Crippen LogP contribution >= 0.6 is 23.2 Å². The van der Waals surface area contributed by atoms with Crippen LogP contribution in [0.2, 0.25) is 10.0 Å². The highest BCUT2D eigenvalue weighted by Crippen LogP contribution is 2.35. The zero-order chi connectivity index (χ0) is 18.2. The molecule has 0 aliphatic heterocycles. The molecule has 0 aliphatic carbocycles. The number of nitrogens with two attached hydrogens (primary N) is 1. The lowest BCUT2D eigenvalue weighted by molar-refractivity contribution is 0.596. The van der Waals surface area contributed by atoms with Crippen LogP contribution in [0.4, 0.5) is 4.39 Å². The number of benzene rings is 2. The molecule has 0 amide bonds. The quantitative estimate of drug-likeness (QED) is 0.707. The van der Waals surface area contributed by atoms with Gasteiger partial charge in [0.1, 0.15) is 5.82 Å². The predicted molar refractivity (Wildman–Crippen MR) is 96.5 cm³/mol. The van der Waals surface area contributed by atoms with Crippen LogP contribution < -0.4 is 5.14 Å². The van der Waals surface area contributed by atoms with E-state index < -0.39 is 15.8 Å². The van der Waals surface area contributed by atoms with E-state index in [1.54, 1.807) is 30.3 Å². The van der Waals surface area contributed by atoms with E-state index in [1.165, 1.54) is 6.20 Å². The summed E-state index contributed by atoms with van der Waals surface area (Å²) in [7, 11) is -3.97. The van der Waals surface area contributed by atoms with Crippen molar-refractivity contribution in [3.8, 4) is 22.4 Å². The number of halogens is 3. The third-order valence-electron chi connectivity index (χ3n) is 3.56. The van der Waals surface area contributed by atoms with Crippen molar-refractivity contribution in [1.29, 1.82) is 0 Å². The van der Waals surface area contributed by atoms with Crippen LogP contribution in [0.3, 0.4) is 0 Å². The van der Waals surface area contributed by atoms with Crippen LogP contribution in [0, 0.1) is 5.82 Å². The highest BCUT2D eigenvalue weighted by Gasteiger charge is 2.17. The Kier molecular flexibility index (Phi) is 4.79. The molecular formula is C17H11Cl2FN2O2S. The van der Waals surface area contributed by atoms with Crippen LogP contribution in [-0.4, -0.2) is 13.4 Å². The Hall–Kier alpha value is -1.99. The molecule has 2 aromatic carbocycles. The summed E-state index contributed by atoms with van der Waals surface area (Å²) in [6.45, 7) is 0. The first-order valence-corrected chi connectivity index (χ1v) is 9.31. The average Bonchev–Trinajstić information content (AvgIpc) is 2.57. The summed E-state index contributed by atoms with van der Waals surface area (Å²) in [4.78, 5) is 4.01. The van der Waals surface area contributed by atoms with Gasteiger partial charge in [0, 0.05) is 17.3 Å². The van der Waals surface area contributed by atoms with Gasteiger partial charge in [-0.2, -0.15) is 0 Å². The molecule has 0 saturated heterocycles. The lowest BCUT2D eigenvalue weighted by Crippen LogP contribution is -2.12. The van der Waals surface area contributed by atoms with Gasteiger partial charge >= 0.3 is 0 Å². The van der Waals surface area contributed by atoms with E-state index in [9.17, 15) is 12.8 Å². The van der Waals surface area contributed by atoms with Crippen LogP contribution in [0.1, 0.15) is 0 Å². The lowest BCUT2D eigenvalue weighted by atomic mass is 9.99. The van der Waals surface area contributed by atoms with Crippen molar-refractivity contribution in [2.24, 2.45) is 5.14 Å². The maximum absolute atomic E-state index is 14.4. The summed E-state index contributed by atoms with van der Waals surface area (Å²) >= 11 is 12.0. The molecule has 0 atom stereocenters. The number of nitrogens with zero attached hydrogens (tertiary/aromatic N) is 1. The number of aromatic nitrogens is 1. The zero-order valence-corrected chi connectivity index (χ0v) is 14.9. The Morgan fingerprint density at radius 1 is 0.960 bits per heavy atom. The molecule has 0 unspecified atom stereocenters. The van der Waals surface area contributed by atoms with Gasteiger partial charge in [-0.25, -0.2) is 17.9 Å². The summed E-state index contributed by atoms with van der Waals surface area (Å²) in [6, 6.07) is 11.7. The summed E-state index contributed by atoms with van der Waals surface area (Å²) in [5.41, 5.74) is 1.53. The normalized spacial score (nSPS) is 11.5. The maximum atomic E-state index is 14.4. The van der Waals surface area contributed by atoms with Crippen LogP contribution in [0.25, 0.3) is 22.4 Å². The minimum Gasteiger partial charge on any atom is -0.255 e. The zero-order valence-electron chi connectivity index (χ0n) is 12.6. The molecule has 3 aromatic rings.